The van der Waals surface area contributed by atoms with Crippen LogP contribution in [0.1, 0.15) is 30.6 Å². The summed E-state index contributed by atoms with van der Waals surface area (Å²) in [6, 6.07) is 12.6. The number of hydrogen-bond acceptors (Lipinski definition) is 5. The maximum atomic E-state index is 13.0. The average Bonchev–Trinajstić information content (AvgIpc) is 3.28. The van der Waals surface area contributed by atoms with Gasteiger partial charge in [0, 0.05) is 22.5 Å². The molecular formula is C25H28ClN5O4. The van der Waals surface area contributed by atoms with E-state index in [0.717, 1.165) is 0 Å². The second kappa shape index (κ2) is 12.0. The fraction of sp³-hybridized carbons (Fsp3) is 0.280. The minimum absolute atomic E-state index is 0.0377. The van der Waals surface area contributed by atoms with Gasteiger partial charge in [0.15, 0.2) is 0 Å². The molecule has 0 saturated heterocycles. The lowest BCUT2D eigenvalue weighted by Crippen LogP contribution is -2.47. The zero-order valence-corrected chi connectivity index (χ0v) is 20.5. The maximum Gasteiger partial charge on any atom is 0.251 e. The molecule has 3 N–H and O–H groups in total. The van der Waals surface area contributed by atoms with E-state index in [9.17, 15) is 14.4 Å². The maximum absolute atomic E-state index is 13.0. The number of benzene rings is 2. The molecule has 3 amide bonds. The minimum Gasteiger partial charge on any atom is -0.497 e. The van der Waals surface area contributed by atoms with Crippen LogP contribution in [0.3, 0.4) is 0 Å². The van der Waals surface area contributed by atoms with Crippen molar-refractivity contribution >= 4 is 40.7 Å². The summed E-state index contributed by atoms with van der Waals surface area (Å²) in [4.78, 5) is 38.0. The van der Waals surface area contributed by atoms with Crippen molar-refractivity contribution < 1.29 is 19.1 Å². The number of amides is 3. The number of methoxy groups -OCH3 is 1. The van der Waals surface area contributed by atoms with E-state index in [2.05, 4.69) is 21.0 Å². The molecule has 3 aromatic rings. The number of carbonyl (C=O) groups excluding carboxylic acids is 3. The first kappa shape index (κ1) is 25.8. The van der Waals surface area contributed by atoms with E-state index in [-0.39, 0.29) is 30.2 Å². The Morgan fingerprint density at radius 1 is 1.03 bits per heavy atom. The molecule has 10 heteroatoms. The molecule has 35 heavy (non-hydrogen) atoms. The number of aromatic nitrogens is 2. The number of rotatable bonds is 10. The Morgan fingerprint density at radius 3 is 2.34 bits per heavy atom. The number of nitrogens with zero attached hydrogens (tertiary/aromatic N) is 2. The topological polar surface area (TPSA) is 114 Å². The van der Waals surface area contributed by atoms with Gasteiger partial charge < -0.3 is 20.7 Å². The van der Waals surface area contributed by atoms with Crippen molar-refractivity contribution in [1.82, 2.24) is 15.1 Å². The van der Waals surface area contributed by atoms with E-state index in [0.29, 0.717) is 34.1 Å². The number of nitrogens with one attached hydrogen (secondary N) is 3. The Labute approximate surface area is 208 Å². The summed E-state index contributed by atoms with van der Waals surface area (Å²) >= 11 is 5.89. The monoisotopic (exact) mass is 497 g/mol. The van der Waals surface area contributed by atoms with E-state index in [1.165, 1.54) is 10.9 Å². The van der Waals surface area contributed by atoms with Crippen molar-refractivity contribution in [3.63, 3.8) is 0 Å². The van der Waals surface area contributed by atoms with Crippen molar-refractivity contribution in [2.45, 2.75) is 32.9 Å². The van der Waals surface area contributed by atoms with E-state index in [4.69, 9.17) is 16.3 Å². The van der Waals surface area contributed by atoms with E-state index >= 15 is 0 Å². The largest absolute Gasteiger partial charge is 0.497 e. The van der Waals surface area contributed by atoms with Gasteiger partial charge in [-0.2, -0.15) is 5.10 Å². The number of hydrogen-bond donors (Lipinski definition) is 3. The first-order valence-corrected chi connectivity index (χ1v) is 11.5. The van der Waals surface area contributed by atoms with Crippen LogP contribution in [0.5, 0.6) is 5.75 Å². The van der Waals surface area contributed by atoms with Crippen LogP contribution in [0.4, 0.5) is 11.4 Å². The van der Waals surface area contributed by atoms with E-state index < -0.39 is 6.04 Å². The summed E-state index contributed by atoms with van der Waals surface area (Å²) in [7, 11) is 1.57. The van der Waals surface area contributed by atoms with Gasteiger partial charge in [0.2, 0.25) is 11.8 Å². The number of ether oxygens (including phenoxy) is 1. The second-order valence-electron chi connectivity index (χ2n) is 8.04. The van der Waals surface area contributed by atoms with Crippen LogP contribution in [-0.4, -0.2) is 40.7 Å². The number of anilines is 2. The lowest BCUT2D eigenvalue weighted by molar-refractivity contribution is -0.119. The van der Waals surface area contributed by atoms with Crippen molar-refractivity contribution in [2.24, 2.45) is 5.92 Å². The van der Waals surface area contributed by atoms with Crippen molar-refractivity contribution in [3.05, 3.63) is 71.5 Å². The lowest BCUT2D eigenvalue weighted by atomic mass is 9.97. The van der Waals surface area contributed by atoms with Gasteiger partial charge in [-0.05, 0) is 54.4 Å². The number of halogens is 1. The highest BCUT2D eigenvalue weighted by Crippen LogP contribution is 2.16. The normalized spacial score (nSPS) is 12.3. The molecule has 184 valence electrons. The Balaban J connectivity index is 1.59. The third-order valence-electron chi connectivity index (χ3n) is 5.47. The van der Waals surface area contributed by atoms with Crippen LogP contribution in [0.25, 0.3) is 0 Å². The predicted octanol–water partition coefficient (Wildman–Crippen LogP) is 3.97. The molecule has 9 nitrogen and oxygen atoms in total. The molecule has 0 aliphatic heterocycles. The van der Waals surface area contributed by atoms with Gasteiger partial charge in [0.25, 0.3) is 5.91 Å². The van der Waals surface area contributed by atoms with Gasteiger partial charge in [0.05, 0.1) is 19.0 Å². The zero-order chi connectivity index (χ0) is 25.4. The SMILES string of the molecule is CCC(C)C(NC(=O)c1ccc(Cl)cc1)C(=O)Nc1cnn(CC(=O)Nc2ccc(OC)cc2)c1. The summed E-state index contributed by atoms with van der Waals surface area (Å²) in [6.45, 7) is 3.79. The smallest absolute Gasteiger partial charge is 0.251 e. The first-order chi connectivity index (χ1) is 16.8. The van der Waals surface area contributed by atoms with Crippen LogP contribution >= 0.6 is 11.6 Å². The summed E-state index contributed by atoms with van der Waals surface area (Å²) in [5.41, 5.74) is 1.46. The Bertz CT molecular complexity index is 1160. The molecule has 0 fully saturated rings. The molecule has 2 unspecified atom stereocenters. The molecule has 0 aliphatic rings. The average molecular weight is 498 g/mol. The molecule has 0 radical (unpaired) electrons. The fourth-order valence-electron chi connectivity index (χ4n) is 3.28. The molecule has 0 spiro atoms. The second-order valence-corrected chi connectivity index (χ2v) is 8.47. The van der Waals surface area contributed by atoms with Gasteiger partial charge in [0.1, 0.15) is 18.3 Å². The Morgan fingerprint density at radius 2 is 1.71 bits per heavy atom. The quantitative estimate of drug-likeness (QED) is 0.392. The third kappa shape index (κ3) is 7.31. The van der Waals surface area contributed by atoms with E-state index in [1.807, 2.05) is 13.8 Å². The summed E-state index contributed by atoms with van der Waals surface area (Å²) in [5, 5.41) is 13.0. The predicted molar refractivity (Wildman–Crippen MR) is 135 cm³/mol. The molecule has 2 aromatic carbocycles. The van der Waals surface area contributed by atoms with Gasteiger partial charge in [-0.3, -0.25) is 19.1 Å². The molecule has 3 rings (SSSR count). The number of carbonyl (C=O) groups is 3. The highest BCUT2D eigenvalue weighted by molar-refractivity contribution is 6.30. The van der Waals surface area contributed by atoms with E-state index in [1.54, 1.807) is 61.8 Å². The third-order valence-corrected chi connectivity index (χ3v) is 5.72. The minimum atomic E-state index is -0.759. The molecule has 0 bridgehead atoms. The fourth-order valence-corrected chi connectivity index (χ4v) is 3.41. The standard InChI is InChI=1S/C25H28ClN5O4/c1-4-16(2)23(30-24(33)17-5-7-18(26)8-6-17)25(34)29-20-13-27-31(14-20)15-22(32)28-19-9-11-21(35-3)12-10-19/h5-14,16,23H,4,15H2,1-3H3,(H,28,32)(H,29,34)(H,30,33). The van der Waals surface area contributed by atoms with Gasteiger partial charge in [-0.25, -0.2) is 0 Å². The molecule has 1 aromatic heterocycles. The van der Waals surface area contributed by atoms with Crippen LogP contribution in [-0.2, 0) is 16.1 Å². The van der Waals surface area contributed by atoms with Crippen LogP contribution < -0.4 is 20.7 Å². The van der Waals surface area contributed by atoms with Gasteiger partial charge in [-0.15, -0.1) is 0 Å². The summed E-state index contributed by atoms with van der Waals surface area (Å²) in [6.07, 6.45) is 3.69. The Hall–Kier alpha value is -3.85. The zero-order valence-electron chi connectivity index (χ0n) is 19.7. The van der Waals surface area contributed by atoms with Gasteiger partial charge in [-0.1, -0.05) is 31.9 Å². The molecule has 0 saturated carbocycles. The highest BCUT2D eigenvalue weighted by Gasteiger charge is 2.26. The lowest BCUT2D eigenvalue weighted by Gasteiger charge is -2.23. The molecular weight excluding hydrogens is 470 g/mol. The van der Waals surface area contributed by atoms with Crippen LogP contribution in [0, 0.1) is 5.92 Å². The Kier molecular flexibility index (Phi) is 8.86. The first-order valence-electron chi connectivity index (χ1n) is 11.1. The van der Waals surface area contributed by atoms with Crippen LogP contribution in [0.15, 0.2) is 60.9 Å². The summed E-state index contributed by atoms with van der Waals surface area (Å²) in [5.74, 6) is -0.437. The molecule has 2 atom stereocenters. The van der Waals surface area contributed by atoms with Crippen molar-refractivity contribution in [2.75, 3.05) is 17.7 Å². The van der Waals surface area contributed by atoms with Gasteiger partial charge >= 0.3 is 0 Å². The van der Waals surface area contributed by atoms with Crippen LogP contribution in [0.2, 0.25) is 5.02 Å². The molecule has 1 heterocycles. The summed E-state index contributed by atoms with van der Waals surface area (Å²) < 4.78 is 6.52. The van der Waals surface area contributed by atoms with Crippen molar-refractivity contribution in [3.8, 4) is 5.75 Å². The van der Waals surface area contributed by atoms with Crippen molar-refractivity contribution in [1.29, 1.82) is 0 Å². The molecule has 0 aliphatic carbocycles. The highest BCUT2D eigenvalue weighted by atomic mass is 35.5.